The number of amides is 2. The molecule has 0 radical (unpaired) electrons. The van der Waals surface area contributed by atoms with Gasteiger partial charge < -0.3 is 14.8 Å². The predicted octanol–water partition coefficient (Wildman–Crippen LogP) is 1.73. The number of fused-ring (bicyclic) bond motifs is 1. The van der Waals surface area contributed by atoms with E-state index in [1.54, 1.807) is 15.5 Å². The number of benzene rings is 1. The van der Waals surface area contributed by atoms with Crippen LogP contribution in [-0.4, -0.2) is 46.7 Å². The van der Waals surface area contributed by atoms with Gasteiger partial charge in [-0.2, -0.15) is 0 Å². The summed E-state index contributed by atoms with van der Waals surface area (Å²) in [7, 11) is 0. The monoisotopic (exact) mass is 389 g/mol. The van der Waals surface area contributed by atoms with Crippen LogP contribution in [0, 0.1) is 0 Å². The Kier molecular flexibility index (Phi) is 4.53. The zero-order valence-corrected chi connectivity index (χ0v) is 14.5. The maximum absolute atomic E-state index is 12.3. The number of carbonyl (C=O) groups is 3. The van der Waals surface area contributed by atoms with E-state index >= 15 is 0 Å². The number of hydrogen-bond donors (Lipinski definition) is 1. The van der Waals surface area contributed by atoms with Gasteiger partial charge in [-0.1, -0.05) is 22.5 Å². The lowest BCUT2D eigenvalue weighted by Gasteiger charge is -2.38. The summed E-state index contributed by atoms with van der Waals surface area (Å²) in [6.45, 7) is 4.46. The van der Waals surface area contributed by atoms with Crippen molar-refractivity contribution in [2.24, 2.45) is 0 Å². The van der Waals surface area contributed by atoms with Gasteiger partial charge in [0, 0.05) is 28.5 Å². The number of nitrogens with one attached hydrogen (secondary N) is 1. The Balaban J connectivity index is 1.69. The van der Waals surface area contributed by atoms with Crippen molar-refractivity contribution in [1.82, 2.24) is 14.8 Å². The Morgan fingerprint density at radius 2 is 2.08 bits per heavy atom. The van der Waals surface area contributed by atoms with E-state index in [1.165, 1.54) is 6.08 Å². The minimum Gasteiger partial charge on any atom is -0.348 e. The summed E-state index contributed by atoms with van der Waals surface area (Å²) < 4.78 is 2.60. The molecule has 2 amide bonds. The molecule has 7 heteroatoms. The Morgan fingerprint density at radius 3 is 2.75 bits per heavy atom. The average Bonchev–Trinajstić information content (AvgIpc) is 2.86. The number of aldehydes is 1. The fourth-order valence-electron chi connectivity index (χ4n) is 2.83. The summed E-state index contributed by atoms with van der Waals surface area (Å²) >= 11 is 3.40. The van der Waals surface area contributed by atoms with Crippen LogP contribution in [-0.2, 0) is 16.1 Å². The van der Waals surface area contributed by atoms with Crippen LogP contribution in [0.4, 0.5) is 0 Å². The third-order valence-corrected chi connectivity index (χ3v) is 4.54. The summed E-state index contributed by atoms with van der Waals surface area (Å²) in [5.74, 6) is -0.319. The Labute approximate surface area is 147 Å². The molecule has 1 aliphatic heterocycles. The van der Waals surface area contributed by atoms with Crippen molar-refractivity contribution >= 4 is 44.9 Å². The molecule has 0 spiro atoms. The topological polar surface area (TPSA) is 71.4 Å². The van der Waals surface area contributed by atoms with Crippen molar-refractivity contribution < 1.29 is 14.4 Å². The first-order valence-electron chi connectivity index (χ1n) is 7.46. The number of hydrogen-bond acceptors (Lipinski definition) is 3. The zero-order valence-electron chi connectivity index (χ0n) is 12.9. The molecule has 1 aromatic heterocycles. The fraction of sp³-hybridized carbons (Fsp3) is 0.235. The van der Waals surface area contributed by atoms with Crippen molar-refractivity contribution in [3.8, 4) is 0 Å². The molecular weight excluding hydrogens is 374 g/mol. The minimum atomic E-state index is -0.186. The highest BCUT2D eigenvalue weighted by molar-refractivity contribution is 9.10. The van der Waals surface area contributed by atoms with Crippen LogP contribution in [0.1, 0.15) is 10.5 Å². The molecule has 1 N–H and O–H groups in total. The molecule has 1 saturated heterocycles. The van der Waals surface area contributed by atoms with Gasteiger partial charge in [0.05, 0.1) is 11.7 Å². The van der Waals surface area contributed by atoms with Gasteiger partial charge in [-0.15, -0.1) is 0 Å². The highest BCUT2D eigenvalue weighted by Crippen LogP contribution is 2.23. The van der Waals surface area contributed by atoms with Gasteiger partial charge in [0.15, 0.2) is 6.29 Å². The van der Waals surface area contributed by atoms with Gasteiger partial charge in [-0.05, 0) is 30.3 Å². The molecule has 0 unspecified atom stereocenters. The molecule has 2 heterocycles. The second-order valence-electron chi connectivity index (χ2n) is 5.69. The molecule has 1 fully saturated rings. The molecule has 1 aliphatic rings. The van der Waals surface area contributed by atoms with Crippen molar-refractivity contribution in [2.45, 2.75) is 12.6 Å². The molecular formula is C17H16BrN3O3. The minimum absolute atomic E-state index is 0.0583. The van der Waals surface area contributed by atoms with Crippen molar-refractivity contribution in [1.29, 1.82) is 0 Å². The first-order valence-corrected chi connectivity index (χ1v) is 8.26. The summed E-state index contributed by atoms with van der Waals surface area (Å²) in [5.41, 5.74) is 1.28. The maximum Gasteiger partial charge on any atom is 0.246 e. The highest BCUT2D eigenvalue weighted by Gasteiger charge is 2.30. The first kappa shape index (κ1) is 16.4. The zero-order chi connectivity index (χ0) is 17.3. The molecule has 0 atom stereocenters. The molecule has 6 nitrogen and oxygen atoms in total. The summed E-state index contributed by atoms with van der Waals surface area (Å²) in [6, 6.07) is 7.34. The number of likely N-dealkylation sites (tertiary alicyclic amines) is 1. The summed E-state index contributed by atoms with van der Waals surface area (Å²) in [4.78, 5) is 36.5. The highest BCUT2D eigenvalue weighted by atomic mass is 79.9. The molecule has 124 valence electrons. The number of halogens is 1. The van der Waals surface area contributed by atoms with Crippen LogP contribution in [0.5, 0.6) is 0 Å². The second-order valence-corrected chi connectivity index (χ2v) is 6.60. The Morgan fingerprint density at radius 1 is 1.33 bits per heavy atom. The van der Waals surface area contributed by atoms with E-state index in [0.29, 0.717) is 18.8 Å². The third kappa shape index (κ3) is 3.12. The molecule has 2 aromatic rings. The number of carbonyl (C=O) groups excluding carboxylic acids is 3. The molecule has 24 heavy (non-hydrogen) atoms. The van der Waals surface area contributed by atoms with E-state index in [-0.39, 0.29) is 24.4 Å². The van der Waals surface area contributed by atoms with Crippen molar-refractivity contribution in [2.75, 3.05) is 13.1 Å². The number of nitrogens with zero attached hydrogens (tertiary/aromatic N) is 2. The standard InChI is InChI=1S/C17H16BrN3O3/c1-2-17(24)20-7-13(8-20)19-16(23)9-21-14(10-22)6-11-5-12(18)3-4-15(11)21/h2-6,10,13H,1,7-9H2,(H,19,23). The molecule has 1 aromatic carbocycles. The van der Waals surface area contributed by atoms with Gasteiger partial charge in [0.1, 0.15) is 6.54 Å². The molecule has 0 aliphatic carbocycles. The van der Waals surface area contributed by atoms with E-state index in [2.05, 4.69) is 27.8 Å². The Hall–Kier alpha value is -2.41. The van der Waals surface area contributed by atoms with Crippen LogP contribution < -0.4 is 5.32 Å². The van der Waals surface area contributed by atoms with Crippen LogP contribution in [0.3, 0.4) is 0 Å². The smallest absolute Gasteiger partial charge is 0.246 e. The lowest BCUT2D eigenvalue weighted by molar-refractivity contribution is -0.133. The molecule has 3 rings (SSSR count). The van der Waals surface area contributed by atoms with Crippen LogP contribution in [0.15, 0.2) is 41.4 Å². The largest absolute Gasteiger partial charge is 0.348 e. The quantitative estimate of drug-likeness (QED) is 0.625. The van der Waals surface area contributed by atoms with Crippen molar-refractivity contribution in [3.05, 3.63) is 47.1 Å². The predicted molar refractivity (Wildman–Crippen MR) is 93.7 cm³/mol. The van der Waals surface area contributed by atoms with Gasteiger partial charge >= 0.3 is 0 Å². The van der Waals surface area contributed by atoms with Gasteiger partial charge in [-0.25, -0.2) is 0 Å². The lowest BCUT2D eigenvalue weighted by Crippen LogP contribution is -2.61. The van der Waals surface area contributed by atoms with E-state index in [1.807, 2.05) is 18.2 Å². The number of aromatic nitrogens is 1. The van der Waals surface area contributed by atoms with Crippen LogP contribution in [0.25, 0.3) is 10.9 Å². The SMILES string of the molecule is C=CC(=O)N1CC(NC(=O)Cn2c(C=O)cc3cc(Br)ccc32)C1. The molecule has 0 saturated carbocycles. The van der Waals surface area contributed by atoms with E-state index in [4.69, 9.17) is 0 Å². The first-order chi connectivity index (χ1) is 11.5. The lowest BCUT2D eigenvalue weighted by atomic mass is 10.1. The van der Waals surface area contributed by atoms with Crippen LogP contribution in [0.2, 0.25) is 0 Å². The van der Waals surface area contributed by atoms with Gasteiger partial charge in [-0.3, -0.25) is 14.4 Å². The second kappa shape index (κ2) is 6.60. The van der Waals surface area contributed by atoms with Crippen LogP contribution >= 0.6 is 15.9 Å². The summed E-state index contributed by atoms with van der Waals surface area (Å²) in [6.07, 6.45) is 2.01. The molecule has 0 bridgehead atoms. The maximum atomic E-state index is 12.3. The van der Waals surface area contributed by atoms with Gasteiger partial charge in [0.25, 0.3) is 0 Å². The summed E-state index contributed by atoms with van der Waals surface area (Å²) in [5, 5.41) is 3.77. The average molecular weight is 390 g/mol. The van der Waals surface area contributed by atoms with E-state index in [0.717, 1.165) is 21.7 Å². The number of rotatable bonds is 5. The normalized spacial score (nSPS) is 14.3. The van der Waals surface area contributed by atoms with E-state index < -0.39 is 0 Å². The Bertz CT molecular complexity index is 837. The fourth-order valence-corrected chi connectivity index (χ4v) is 3.21. The van der Waals surface area contributed by atoms with E-state index in [9.17, 15) is 14.4 Å². The van der Waals surface area contributed by atoms with Crippen molar-refractivity contribution in [3.63, 3.8) is 0 Å². The van der Waals surface area contributed by atoms with Gasteiger partial charge in [0.2, 0.25) is 11.8 Å². The third-order valence-electron chi connectivity index (χ3n) is 4.05.